The largest absolute Gasteiger partial charge is 0.393 e. The van der Waals surface area contributed by atoms with Crippen molar-refractivity contribution in [3.05, 3.63) is 0 Å². The average Bonchev–Trinajstić information content (AvgIpc) is 2.24. The highest BCUT2D eigenvalue weighted by Gasteiger charge is 2.35. The Kier molecular flexibility index (Phi) is 5.94. The molecule has 0 bridgehead atoms. The minimum atomic E-state index is -0.0758. The number of aliphatic hydroxyl groups is 1. The van der Waals surface area contributed by atoms with Crippen LogP contribution < -0.4 is 0 Å². The summed E-state index contributed by atoms with van der Waals surface area (Å²) in [6.07, 6.45) is 4.29. The molecule has 2 heteroatoms. The monoisotopic (exact) mass is 241 g/mol. The van der Waals surface area contributed by atoms with Gasteiger partial charge < -0.3 is 5.11 Å². The summed E-state index contributed by atoms with van der Waals surface area (Å²) in [5.74, 6) is 1.48. The molecule has 0 heterocycles. The molecule has 1 aliphatic rings. The van der Waals surface area contributed by atoms with Gasteiger partial charge in [0.1, 0.15) is 0 Å². The highest BCUT2D eigenvalue weighted by Crippen LogP contribution is 2.34. The van der Waals surface area contributed by atoms with Gasteiger partial charge in [-0.25, -0.2) is 0 Å². The summed E-state index contributed by atoms with van der Waals surface area (Å²) in [6.45, 7) is 12.7. The molecule has 2 nitrogen and oxygen atoms in total. The lowest BCUT2D eigenvalue weighted by Crippen LogP contribution is -2.50. The topological polar surface area (TPSA) is 23.5 Å². The van der Waals surface area contributed by atoms with Gasteiger partial charge >= 0.3 is 0 Å². The number of aliphatic hydroxyl groups excluding tert-OH is 1. The summed E-state index contributed by atoms with van der Waals surface area (Å²) < 4.78 is 0. The molecule has 1 fully saturated rings. The second-order valence-corrected chi connectivity index (χ2v) is 6.27. The van der Waals surface area contributed by atoms with E-state index in [0.717, 1.165) is 31.2 Å². The molecule has 0 aromatic carbocycles. The lowest BCUT2D eigenvalue weighted by molar-refractivity contribution is -0.00132. The van der Waals surface area contributed by atoms with Gasteiger partial charge in [-0.05, 0) is 57.9 Å². The zero-order valence-electron chi connectivity index (χ0n) is 12.3. The number of nitrogens with zero attached hydrogens (tertiary/aromatic N) is 1. The molecule has 1 saturated carbocycles. The third kappa shape index (κ3) is 3.96. The SMILES string of the molecule is CCCN(C(C)C)C1CC(O)CCC1C(C)C. The first-order valence-corrected chi connectivity index (χ1v) is 7.41. The van der Waals surface area contributed by atoms with Crippen LogP contribution in [0.4, 0.5) is 0 Å². The molecule has 102 valence electrons. The van der Waals surface area contributed by atoms with Crippen LogP contribution in [0, 0.1) is 11.8 Å². The Balaban J connectivity index is 2.78. The Morgan fingerprint density at radius 1 is 1.18 bits per heavy atom. The highest BCUT2D eigenvalue weighted by atomic mass is 16.3. The standard InChI is InChI=1S/C15H31NO/c1-6-9-16(12(4)5)15-10-13(17)7-8-14(15)11(2)3/h11-15,17H,6-10H2,1-5H3. The Hall–Kier alpha value is -0.0800. The first-order valence-electron chi connectivity index (χ1n) is 7.41. The maximum absolute atomic E-state index is 9.95. The van der Waals surface area contributed by atoms with E-state index in [4.69, 9.17) is 0 Å². The summed E-state index contributed by atoms with van der Waals surface area (Å²) in [6, 6.07) is 1.17. The van der Waals surface area contributed by atoms with Crippen molar-refractivity contribution in [2.45, 2.75) is 78.5 Å². The molecule has 3 unspecified atom stereocenters. The van der Waals surface area contributed by atoms with Crippen LogP contribution in [-0.2, 0) is 0 Å². The molecule has 1 rings (SSSR count). The number of hydrogen-bond donors (Lipinski definition) is 1. The fourth-order valence-corrected chi connectivity index (χ4v) is 3.37. The van der Waals surface area contributed by atoms with Crippen molar-refractivity contribution >= 4 is 0 Å². The van der Waals surface area contributed by atoms with E-state index in [1.807, 2.05) is 0 Å². The highest BCUT2D eigenvalue weighted by molar-refractivity contribution is 4.89. The Morgan fingerprint density at radius 3 is 2.29 bits per heavy atom. The molecule has 3 atom stereocenters. The fraction of sp³-hybridized carbons (Fsp3) is 1.00. The molecule has 0 amide bonds. The second kappa shape index (κ2) is 6.75. The third-order valence-electron chi connectivity index (χ3n) is 4.27. The van der Waals surface area contributed by atoms with Crippen LogP contribution in [0.25, 0.3) is 0 Å². The quantitative estimate of drug-likeness (QED) is 0.798. The lowest BCUT2D eigenvalue weighted by atomic mass is 9.75. The van der Waals surface area contributed by atoms with E-state index in [1.54, 1.807) is 0 Å². The number of rotatable bonds is 5. The van der Waals surface area contributed by atoms with E-state index in [2.05, 4.69) is 39.5 Å². The van der Waals surface area contributed by atoms with Crippen molar-refractivity contribution in [1.29, 1.82) is 0 Å². The van der Waals surface area contributed by atoms with Gasteiger partial charge in [-0.15, -0.1) is 0 Å². The molecule has 0 spiro atoms. The molecule has 0 aromatic rings. The Bertz CT molecular complexity index is 215. The van der Waals surface area contributed by atoms with E-state index in [9.17, 15) is 5.11 Å². The van der Waals surface area contributed by atoms with Crippen molar-refractivity contribution in [3.8, 4) is 0 Å². The van der Waals surface area contributed by atoms with Gasteiger partial charge in [0.15, 0.2) is 0 Å². The fourth-order valence-electron chi connectivity index (χ4n) is 3.37. The first kappa shape index (κ1) is 15.0. The molecule has 0 aliphatic heterocycles. The zero-order chi connectivity index (χ0) is 13.0. The normalized spacial score (nSPS) is 30.5. The van der Waals surface area contributed by atoms with Crippen LogP contribution in [0.15, 0.2) is 0 Å². The van der Waals surface area contributed by atoms with Gasteiger partial charge in [-0.2, -0.15) is 0 Å². The van der Waals surface area contributed by atoms with Gasteiger partial charge in [-0.3, -0.25) is 4.90 Å². The van der Waals surface area contributed by atoms with E-state index in [-0.39, 0.29) is 6.10 Å². The molecule has 0 saturated heterocycles. The van der Waals surface area contributed by atoms with Crippen LogP contribution in [0.5, 0.6) is 0 Å². The summed E-state index contributed by atoms with van der Waals surface area (Å²) in [5.41, 5.74) is 0. The van der Waals surface area contributed by atoms with Crippen molar-refractivity contribution in [1.82, 2.24) is 4.90 Å². The van der Waals surface area contributed by atoms with Crippen LogP contribution in [-0.4, -0.2) is 34.7 Å². The Labute approximate surface area is 107 Å². The van der Waals surface area contributed by atoms with Gasteiger partial charge in [0.05, 0.1) is 6.10 Å². The van der Waals surface area contributed by atoms with Crippen molar-refractivity contribution in [2.24, 2.45) is 11.8 Å². The average molecular weight is 241 g/mol. The maximum atomic E-state index is 9.95. The predicted octanol–water partition coefficient (Wildman–Crippen LogP) is 3.29. The Morgan fingerprint density at radius 2 is 1.82 bits per heavy atom. The van der Waals surface area contributed by atoms with Crippen molar-refractivity contribution in [2.75, 3.05) is 6.54 Å². The van der Waals surface area contributed by atoms with Crippen LogP contribution in [0.1, 0.15) is 60.3 Å². The van der Waals surface area contributed by atoms with Gasteiger partial charge in [-0.1, -0.05) is 20.8 Å². The molecule has 0 radical (unpaired) electrons. The van der Waals surface area contributed by atoms with E-state index in [1.165, 1.54) is 12.8 Å². The molecule has 17 heavy (non-hydrogen) atoms. The maximum Gasteiger partial charge on any atom is 0.0555 e. The lowest BCUT2D eigenvalue weighted by Gasteiger charge is -2.45. The van der Waals surface area contributed by atoms with E-state index >= 15 is 0 Å². The molecule has 0 aromatic heterocycles. The molecule has 1 N–H and O–H groups in total. The van der Waals surface area contributed by atoms with Crippen molar-refractivity contribution in [3.63, 3.8) is 0 Å². The predicted molar refractivity (Wildman–Crippen MR) is 74.1 cm³/mol. The van der Waals surface area contributed by atoms with E-state index in [0.29, 0.717) is 12.1 Å². The number of hydrogen-bond acceptors (Lipinski definition) is 2. The summed E-state index contributed by atoms with van der Waals surface area (Å²) in [7, 11) is 0. The smallest absolute Gasteiger partial charge is 0.0555 e. The molecule has 1 aliphatic carbocycles. The molecular weight excluding hydrogens is 210 g/mol. The second-order valence-electron chi connectivity index (χ2n) is 6.27. The van der Waals surface area contributed by atoms with Crippen LogP contribution in [0.2, 0.25) is 0 Å². The van der Waals surface area contributed by atoms with Crippen LogP contribution in [0.3, 0.4) is 0 Å². The molecular formula is C15H31NO. The van der Waals surface area contributed by atoms with Gasteiger partial charge in [0, 0.05) is 12.1 Å². The first-order chi connectivity index (χ1) is 7.97. The minimum Gasteiger partial charge on any atom is -0.393 e. The minimum absolute atomic E-state index is 0.0758. The third-order valence-corrected chi connectivity index (χ3v) is 4.27. The zero-order valence-corrected chi connectivity index (χ0v) is 12.3. The summed E-state index contributed by atoms with van der Waals surface area (Å²) >= 11 is 0. The van der Waals surface area contributed by atoms with Crippen molar-refractivity contribution < 1.29 is 5.11 Å². The van der Waals surface area contributed by atoms with Gasteiger partial charge in [0.2, 0.25) is 0 Å². The van der Waals surface area contributed by atoms with Gasteiger partial charge in [0.25, 0.3) is 0 Å². The van der Waals surface area contributed by atoms with E-state index < -0.39 is 0 Å². The summed E-state index contributed by atoms with van der Waals surface area (Å²) in [4.78, 5) is 2.62. The van der Waals surface area contributed by atoms with Crippen LogP contribution >= 0.6 is 0 Å². The summed E-state index contributed by atoms with van der Waals surface area (Å²) in [5, 5.41) is 9.95.